The standard InChI is InChI=1S/C20H19N3O2S.CH2O2/c24-20(15-6-3-4-14-12-25-13-17(14)15)23-10-8-22(9-11-23)19-16-5-1-2-7-18(16)26-21-19;2-1-3/h1-7H,8-13H2;1H,(H,2,3). The van der Waals surface area contributed by atoms with E-state index >= 15 is 0 Å². The minimum atomic E-state index is -0.250. The highest BCUT2D eigenvalue weighted by Gasteiger charge is 2.27. The van der Waals surface area contributed by atoms with Gasteiger partial charge in [0.05, 0.1) is 17.9 Å². The number of carbonyl (C=O) groups is 2. The Hall–Kier alpha value is -2.97. The van der Waals surface area contributed by atoms with E-state index in [1.807, 2.05) is 29.2 Å². The van der Waals surface area contributed by atoms with E-state index < -0.39 is 0 Å². The average Bonchev–Trinajstić information content (AvgIpc) is 3.41. The quantitative estimate of drug-likeness (QED) is 0.653. The number of nitrogens with zero attached hydrogens (tertiary/aromatic N) is 3. The Morgan fingerprint density at radius 2 is 1.83 bits per heavy atom. The van der Waals surface area contributed by atoms with E-state index in [0.29, 0.717) is 13.2 Å². The summed E-state index contributed by atoms with van der Waals surface area (Å²) in [4.78, 5) is 25.6. The Morgan fingerprint density at radius 1 is 1.07 bits per heavy atom. The van der Waals surface area contributed by atoms with E-state index in [9.17, 15) is 4.79 Å². The fourth-order valence-electron chi connectivity index (χ4n) is 3.80. The van der Waals surface area contributed by atoms with Gasteiger partial charge in [0.1, 0.15) is 5.82 Å². The first-order valence-corrected chi connectivity index (χ1v) is 10.1. The number of ether oxygens (including phenoxy) is 1. The largest absolute Gasteiger partial charge is 0.483 e. The smallest absolute Gasteiger partial charge is 0.290 e. The molecule has 0 aliphatic carbocycles. The molecule has 8 heteroatoms. The Labute approximate surface area is 172 Å². The molecule has 2 aliphatic heterocycles. The van der Waals surface area contributed by atoms with Gasteiger partial charge in [-0.15, -0.1) is 0 Å². The van der Waals surface area contributed by atoms with Crippen molar-refractivity contribution in [2.75, 3.05) is 31.1 Å². The topological polar surface area (TPSA) is 83.0 Å². The second-order valence-corrected chi connectivity index (χ2v) is 7.63. The molecular formula is C21H21N3O4S. The van der Waals surface area contributed by atoms with Gasteiger partial charge in [-0.2, -0.15) is 4.37 Å². The van der Waals surface area contributed by atoms with Crippen molar-refractivity contribution in [2.45, 2.75) is 13.2 Å². The molecule has 1 amide bonds. The number of hydrogen-bond donors (Lipinski definition) is 1. The number of benzene rings is 2. The van der Waals surface area contributed by atoms with Crippen LogP contribution in [0.4, 0.5) is 5.82 Å². The van der Waals surface area contributed by atoms with Crippen LogP contribution in [0.5, 0.6) is 0 Å². The lowest BCUT2D eigenvalue weighted by molar-refractivity contribution is -0.122. The Bertz CT molecular complexity index is 1030. The van der Waals surface area contributed by atoms with Gasteiger partial charge in [-0.05, 0) is 40.9 Å². The summed E-state index contributed by atoms with van der Waals surface area (Å²) >= 11 is 1.54. The van der Waals surface area contributed by atoms with Gasteiger partial charge in [-0.25, -0.2) is 0 Å². The fraction of sp³-hybridized carbons (Fsp3) is 0.286. The maximum absolute atomic E-state index is 13.0. The molecule has 1 saturated heterocycles. The van der Waals surface area contributed by atoms with Crippen LogP contribution in [-0.2, 0) is 22.7 Å². The molecule has 2 aliphatic rings. The normalized spacial score (nSPS) is 15.6. The Morgan fingerprint density at radius 3 is 2.62 bits per heavy atom. The molecule has 29 heavy (non-hydrogen) atoms. The zero-order chi connectivity index (χ0) is 20.2. The van der Waals surface area contributed by atoms with Crippen LogP contribution in [-0.4, -0.2) is 52.9 Å². The third kappa shape index (κ3) is 3.81. The molecule has 1 fully saturated rings. The van der Waals surface area contributed by atoms with Gasteiger partial charge in [0.25, 0.3) is 12.4 Å². The van der Waals surface area contributed by atoms with E-state index in [1.54, 1.807) is 0 Å². The number of piperazine rings is 1. The van der Waals surface area contributed by atoms with E-state index in [-0.39, 0.29) is 12.4 Å². The number of amides is 1. The summed E-state index contributed by atoms with van der Waals surface area (Å²) in [7, 11) is 0. The minimum absolute atomic E-state index is 0.120. The number of aromatic nitrogens is 1. The summed E-state index contributed by atoms with van der Waals surface area (Å²) < 4.78 is 11.4. The van der Waals surface area contributed by atoms with Gasteiger partial charge >= 0.3 is 0 Å². The van der Waals surface area contributed by atoms with Crippen molar-refractivity contribution >= 4 is 39.8 Å². The zero-order valence-electron chi connectivity index (χ0n) is 15.8. The number of hydrogen-bond acceptors (Lipinski definition) is 6. The third-order valence-corrected chi connectivity index (χ3v) is 6.05. The lowest BCUT2D eigenvalue weighted by Gasteiger charge is -2.35. The average molecular weight is 411 g/mol. The molecule has 0 saturated carbocycles. The predicted molar refractivity (Wildman–Crippen MR) is 111 cm³/mol. The fourth-order valence-corrected chi connectivity index (χ4v) is 4.59. The molecule has 3 aromatic rings. The second kappa shape index (κ2) is 8.59. The summed E-state index contributed by atoms with van der Waals surface area (Å²) in [6.45, 7) is 3.96. The Balaban J connectivity index is 0.000000645. The van der Waals surface area contributed by atoms with Crippen molar-refractivity contribution in [3.05, 3.63) is 59.2 Å². The molecule has 0 radical (unpaired) electrons. The molecular weight excluding hydrogens is 390 g/mol. The predicted octanol–water partition coefficient (Wildman–Crippen LogP) is 2.99. The van der Waals surface area contributed by atoms with Gasteiger partial charge in [0.2, 0.25) is 0 Å². The van der Waals surface area contributed by atoms with Crippen molar-refractivity contribution < 1.29 is 19.4 Å². The number of anilines is 1. The molecule has 0 bridgehead atoms. The first-order chi connectivity index (χ1) is 14.2. The zero-order valence-corrected chi connectivity index (χ0v) is 16.6. The monoisotopic (exact) mass is 411 g/mol. The molecule has 3 heterocycles. The molecule has 0 spiro atoms. The van der Waals surface area contributed by atoms with Crippen LogP contribution >= 0.6 is 11.5 Å². The van der Waals surface area contributed by atoms with Crippen LogP contribution in [0.25, 0.3) is 10.1 Å². The van der Waals surface area contributed by atoms with Gasteiger partial charge in [-0.3, -0.25) is 9.59 Å². The molecule has 1 N–H and O–H groups in total. The first kappa shape index (κ1) is 19.4. The highest BCUT2D eigenvalue weighted by atomic mass is 32.1. The van der Waals surface area contributed by atoms with Crippen LogP contribution in [0, 0.1) is 0 Å². The lowest BCUT2D eigenvalue weighted by Crippen LogP contribution is -2.49. The van der Waals surface area contributed by atoms with Crippen LogP contribution in [0.1, 0.15) is 21.5 Å². The lowest BCUT2D eigenvalue weighted by atomic mass is 10.0. The number of rotatable bonds is 2. The van der Waals surface area contributed by atoms with Gasteiger partial charge < -0.3 is 19.6 Å². The molecule has 7 nitrogen and oxygen atoms in total. The molecule has 1 aromatic heterocycles. The summed E-state index contributed by atoms with van der Waals surface area (Å²) in [6.07, 6.45) is 0. The van der Waals surface area contributed by atoms with E-state index in [2.05, 4.69) is 27.5 Å². The second-order valence-electron chi connectivity index (χ2n) is 6.82. The van der Waals surface area contributed by atoms with Gasteiger partial charge in [0, 0.05) is 37.1 Å². The molecule has 0 unspecified atom stereocenters. The van der Waals surface area contributed by atoms with Crippen LogP contribution in [0.15, 0.2) is 42.5 Å². The van der Waals surface area contributed by atoms with Crippen LogP contribution < -0.4 is 4.90 Å². The SMILES string of the molecule is O=C(c1cccc2c1COC2)N1CCN(c2nsc3ccccc23)CC1.O=CO. The van der Waals surface area contributed by atoms with Crippen molar-refractivity contribution in [2.24, 2.45) is 0 Å². The van der Waals surface area contributed by atoms with Gasteiger partial charge in [0.15, 0.2) is 0 Å². The maximum Gasteiger partial charge on any atom is 0.290 e. The summed E-state index contributed by atoms with van der Waals surface area (Å²) in [5.74, 6) is 1.17. The third-order valence-electron chi connectivity index (χ3n) is 5.23. The van der Waals surface area contributed by atoms with E-state index in [1.165, 1.54) is 21.6 Å². The highest BCUT2D eigenvalue weighted by molar-refractivity contribution is 7.13. The molecule has 5 rings (SSSR count). The number of carboxylic acid groups (broad SMARTS) is 1. The highest BCUT2D eigenvalue weighted by Crippen LogP contribution is 2.30. The maximum atomic E-state index is 13.0. The van der Waals surface area contributed by atoms with Crippen molar-refractivity contribution in [3.63, 3.8) is 0 Å². The Kier molecular flexibility index (Phi) is 5.73. The summed E-state index contributed by atoms with van der Waals surface area (Å²) in [5.41, 5.74) is 3.00. The first-order valence-electron chi connectivity index (χ1n) is 9.38. The van der Waals surface area contributed by atoms with E-state index in [0.717, 1.165) is 48.7 Å². The van der Waals surface area contributed by atoms with Crippen molar-refractivity contribution in [3.8, 4) is 0 Å². The number of fused-ring (bicyclic) bond motifs is 2. The summed E-state index contributed by atoms with van der Waals surface area (Å²) in [5, 5.41) is 8.09. The molecule has 0 atom stereocenters. The van der Waals surface area contributed by atoms with Crippen molar-refractivity contribution in [1.82, 2.24) is 9.27 Å². The van der Waals surface area contributed by atoms with Crippen molar-refractivity contribution in [1.29, 1.82) is 0 Å². The molecule has 150 valence electrons. The number of carbonyl (C=O) groups excluding carboxylic acids is 1. The van der Waals surface area contributed by atoms with E-state index in [4.69, 9.17) is 14.6 Å². The van der Waals surface area contributed by atoms with Crippen LogP contribution in [0.3, 0.4) is 0 Å². The molecule has 2 aromatic carbocycles. The van der Waals surface area contributed by atoms with Gasteiger partial charge in [-0.1, -0.05) is 24.3 Å². The van der Waals surface area contributed by atoms with Crippen LogP contribution in [0.2, 0.25) is 0 Å². The minimum Gasteiger partial charge on any atom is -0.483 e. The summed E-state index contributed by atoms with van der Waals surface area (Å²) in [6, 6.07) is 14.3.